The van der Waals surface area contributed by atoms with E-state index in [0.29, 0.717) is 18.9 Å². The zero-order valence-electron chi connectivity index (χ0n) is 16.4. The van der Waals surface area contributed by atoms with Crippen molar-refractivity contribution in [3.63, 3.8) is 0 Å². The van der Waals surface area contributed by atoms with Gasteiger partial charge < -0.3 is 10.3 Å². The van der Waals surface area contributed by atoms with Crippen LogP contribution in [-0.2, 0) is 10.0 Å². The number of rotatable bonds is 7. The minimum Gasteiger partial charge on any atom is -0.342 e. The van der Waals surface area contributed by atoms with Gasteiger partial charge in [-0.05, 0) is 37.3 Å². The number of aromatic amines is 1. The molecular formula is C20H23ClN4O3S. The van der Waals surface area contributed by atoms with Gasteiger partial charge in [0.25, 0.3) is 5.91 Å². The fourth-order valence-electron chi connectivity index (χ4n) is 3.07. The molecule has 7 nitrogen and oxygen atoms in total. The van der Waals surface area contributed by atoms with Crippen LogP contribution in [0.2, 0.25) is 5.02 Å². The Morgan fingerprint density at radius 3 is 2.55 bits per heavy atom. The lowest BCUT2D eigenvalue weighted by atomic mass is 10.2. The summed E-state index contributed by atoms with van der Waals surface area (Å²) in [5.41, 5.74) is 1.90. The predicted molar refractivity (Wildman–Crippen MR) is 114 cm³/mol. The molecule has 0 radical (unpaired) electrons. The molecule has 154 valence electrons. The topological polar surface area (TPSA) is 95.2 Å². The number of hydrogen-bond donors (Lipinski definition) is 2. The maximum atomic E-state index is 12.8. The van der Waals surface area contributed by atoms with Gasteiger partial charge in [0.2, 0.25) is 10.0 Å². The molecule has 0 aliphatic carbocycles. The van der Waals surface area contributed by atoms with Crippen LogP contribution in [0, 0.1) is 0 Å². The third kappa shape index (κ3) is 4.29. The second kappa shape index (κ2) is 8.52. The number of fused-ring (bicyclic) bond motifs is 1. The highest BCUT2D eigenvalue weighted by molar-refractivity contribution is 7.89. The fraction of sp³-hybridized carbons (Fsp3) is 0.300. The highest BCUT2D eigenvalue weighted by Crippen LogP contribution is 2.26. The molecule has 0 fully saturated rings. The van der Waals surface area contributed by atoms with Crippen LogP contribution in [0.4, 0.5) is 0 Å². The summed E-state index contributed by atoms with van der Waals surface area (Å²) in [4.78, 5) is 20.3. The number of halogens is 1. The van der Waals surface area contributed by atoms with E-state index in [4.69, 9.17) is 11.6 Å². The lowest BCUT2D eigenvalue weighted by Crippen LogP contribution is -2.31. The van der Waals surface area contributed by atoms with E-state index in [2.05, 4.69) is 15.3 Å². The van der Waals surface area contributed by atoms with Crippen LogP contribution in [-0.4, -0.2) is 41.7 Å². The summed E-state index contributed by atoms with van der Waals surface area (Å²) in [7, 11) is -3.78. The van der Waals surface area contributed by atoms with Gasteiger partial charge in [0.05, 0.1) is 22.1 Å². The van der Waals surface area contributed by atoms with Crippen molar-refractivity contribution in [2.75, 3.05) is 13.1 Å². The first-order chi connectivity index (χ1) is 13.8. The highest BCUT2D eigenvalue weighted by Gasteiger charge is 2.26. The molecule has 29 heavy (non-hydrogen) atoms. The number of amides is 1. The van der Waals surface area contributed by atoms with Gasteiger partial charge in [0, 0.05) is 18.7 Å². The van der Waals surface area contributed by atoms with Crippen molar-refractivity contribution in [3.05, 3.63) is 58.9 Å². The molecule has 1 heterocycles. The van der Waals surface area contributed by atoms with Gasteiger partial charge >= 0.3 is 0 Å². The minimum absolute atomic E-state index is 0.0769. The number of para-hydroxylation sites is 2. The van der Waals surface area contributed by atoms with E-state index in [1.54, 1.807) is 20.8 Å². The van der Waals surface area contributed by atoms with Gasteiger partial charge in [-0.25, -0.2) is 13.4 Å². The van der Waals surface area contributed by atoms with Gasteiger partial charge in [-0.1, -0.05) is 37.6 Å². The molecule has 0 spiro atoms. The number of imidazole rings is 1. The Morgan fingerprint density at radius 1 is 1.21 bits per heavy atom. The van der Waals surface area contributed by atoms with Crippen LogP contribution in [0.15, 0.2) is 47.4 Å². The Morgan fingerprint density at radius 2 is 1.90 bits per heavy atom. The Kier molecular flexibility index (Phi) is 6.26. The number of carbonyl (C=O) groups is 1. The first kappa shape index (κ1) is 21.3. The van der Waals surface area contributed by atoms with E-state index < -0.39 is 22.0 Å². The van der Waals surface area contributed by atoms with E-state index in [0.717, 1.165) is 11.0 Å². The first-order valence-corrected chi connectivity index (χ1v) is 11.1. The molecule has 0 aliphatic rings. The summed E-state index contributed by atoms with van der Waals surface area (Å²) in [5.74, 6) is 0.204. The molecule has 0 aliphatic heterocycles. The molecule has 9 heteroatoms. The quantitative estimate of drug-likeness (QED) is 0.592. The SMILES string of the molecule is CCN(CC)S(=O)(=O)c1cc(C(=O)N[C@@H](C)c2nc3ccccc3[nH]2)ccc1Cl. The van der Waals surface area contributed by atoms with Crippen molar-refractivity contribution < 1.29 is 13.2 Å². The van der Waals surface area contributed by atoms with Gasteiger partial charge in [-0.15, -0.1) is 0 Å². The molecule has 3 rings (SSSR count). The predicted octanol–water partition coefficient (Wildman–Crippen LogP) is 3.74. The number of sulfonamides is 1. The number of H-pyrrole nitrogens is 1. The Labute approximate surface area is 175 Å². The molecule has 0 unspecified atom stereocenters. The van der Waals surface area contributed by atoms with Crippen LogP contribution >= 0.6 is 11.6 Å². The molecular weight excluding hydrogens is 412 g/mol. The van der Waals surface area contributed by atoms with Crippen molar-refractivity contribution in [3.8, 4) is 0 Å². The summed E-state index contributed by atoms with van der Waals surface area (Å²) in [6.07, 6.45) is 0. The van der Waals surface area contributed by atoms with Crippen molar-refractivity contribution in [1.29, 1.82) is 0 Å². The minimum atomic E-state index is -3.78. The number of nitrogens with one attached hydrogen (secondary N) is 2. The smallest absolute Gasteiger partial charge is 0.251 e. The molecule has 1 aromatic heterocycles. The number of benzene rings is 2. The summed E-state index contributed by atoms with van der Waals surface area (Å²) in [5, 5.41) is 2.93. The summed E-state index contributed by atoms with van der Waals surface area (Å²) >= 11 is 6.14. The third-order valence-corrected chi connectivity index (χ3v) is 7.21. The van der Waals surface area contributed by atoms with Crippen LogP contribution < -0.4 is 5.32 Å². The van der Waals surface area contributed by atoms with Crippen molar-refractivity contribution >= 4 is 38.6 Å². The first-order valence-electron chi connectivity index (χ1n) is 9.33. The average molecular weight is 435 g/mol. The fourth-order valence-corrected chi connectivity index (χ4v) is 5.03. The lowest BCUT2D eigenvalue weighted by molar-refractivity contribution is 0.0938. The average Bonchev–Trinajstić information content (AvgIpc) is 3.13. The van der Waals surface area contributed by atoms with Gasteiger partial charge in [-0.2, -0.15) is 4.31 Å². The van der Waals surface area contributed by atoms with Crippen molar-refractivity contribution in [2.24, 2.45) is 0 Å². The van der Waals surface area contributed by atoms with Crippen LogP contribution in [0.1, 0.15) is 43.0 Å². The Balaban J connectivity index is 1.86. The molecule has 1 amide bonds. The van der Waals surface area contributed by atoms with Gasteiger partial charge in [-0.3, -0.25) is 4.79 Å². The zero-order chi connectivity index (χ0) is 21.2. The Bertz CT molecular complexity index is 1110. The van der Waals surface area contributed by atoms with Crippen LogP contribution in [0.25, 0.3) is 11.0 Å². The van der Waals surface area contributed by atoms with Gasteiger partial charge in [0.1, 0.15) is 10.7 Å². The standard InChI is InChI=1S/C20H23ClN4O3S/c1-4-25(5-2)29(27,28)18-12-14(10-11-15(18)21)20(26)22-13(3)19-23-16-8-6-7-9-17(16)24-19/h6-13H,4-5H2,1-3H3,(H,22,26)(H,23,24)/t13-/m0/s1. The molecule has 3 aromatic rings. The molecule has 0 saturated heterocycles. The van der Waals surface area contributed by atoms with Crippen LogP contribution in [0.5, 0.6) is 0 Å². The maximum Gasteiger partial charge on any atom is 0.251 e. The van der Waals surface area contributed by atoms with E-state index in [9.17, 15) is 13.2 Å². The molecule has 2 aromatic carbocycles. The molecule has 1 atom stereocenters. The zero-order valence-corrected chi connectivity index (χ0v) is 18.0. The van der Waals surface area contributed by atoms with Crippen LogP contribution in [0.3, 0.4) is 0 Å². The monoisotopic (exact) mass is 434 g/mol. The van der Waals surface area contributed by atoms with Crippen molar-refractivity contribution in [1.82, 2.24) is 19.6 Å². The highest BCUT2D eigenvalue weighted by atomic mass is 35.5. The second-order valence-corrected chi connectivity index (χ2v) is 8.88. The van der Waals surface area contributed by atoms with Gasteiger partial charge in [0.15, 0.2) is 0 Å². The molecule has 0 bridgehead atoms. The van der Waals surface area contributed by atoms with E-state index in [1.165, 1.54) is 22.5 Å². The van der Waals surface area contributed by atoms with E-state index in [-0.39, 0.29) is 15.5 Å². The molecule has 2 N–H and O–H groups in total. The number of carbonyl (C=O) groups excluding carboxylic acids is 1. The summed E-state index contributed by atoms with van der Waals surface area (Å²) in [6, 6.07) is 11.4. The third-order valence-electron chi connectivity index (χ3n) is 4.68. The lowest BCUT2D eigenvalue weighted by Gasteiger charge is -2.20. The van der Waals surface area contributed by atoms with E-state index >= 15 is 0 Å². The normalized spacial score (nSPS) is 13.0. The maximum absolute atomic E-state index is 12.8. The molecule has 0 saturated carbocycles. The van der Waals surface area contributed by atoms with E-state index in [1.807, 2.05) is 24.3 Å². The number of hydrogen-bond acceptors (Lipinski definition) is 4. The summed E-state index contributed by atoms with van der Waals surface area (Å²) < 4.78 is 27.0. The van der Waals surface area contributed by atoms with Crippen molar-refractivity contribution in [2.45, 2.75) is 31.7 Å². The summed E-state index contributed by atoms with van der Waals surface area (Å²) in [6.45, 7) is 5.93. The number of aromatic nitrogens is 2. The Hall–Kier alpha value is -2.42. The largest absolute Gasteiger partial charge is 0.342 e. The second-order valence-electron chi connectivity index (χ2n) is 6.57. The number of nitrogens with zero attached hydrogens (tertiary/aromatic N) is 2.